The molecular formula is C36H46N6O9PTl. The molecule has 0 saturated carbocycles. The topological polar surface area (TPSA) is 188 Å². The van der Waals surface area contributed by atoms with E-state index in [2.05, 4.69) is 36.3 Å². The Kier molecular flexibility index (Phi) is 14.0. The van der Waals surface area contributed by atoms with Crippen molar-refractivity contribution in [3.8, 4) is 11.6 Å². The summed E-state index contributed by atoms with van der Waals surface area (Å²) in [4.78, 5) is 26.7. The molecule has 4 aromatic rings. The summed E-state index contributed by atoms with van der Waals surface area (Å²) in [5, 5.41) is 27.4. The molecular weight excluding hydrogens is 896 g/mol. The van der Waals surface area contributed by atoms with Gasteiger partial charge in [-0.2, -0.15) is 0 Å². The third-order valence-corrected chi connectivity index (χ3v) is 11.1. The summed E-state index contributed by atoms with van der Waals surface area (Å²) >= 11 is 0.323. The summed E-state index contributed by atoms with van der Waals surface area (Å²) in [6.07, 6.45) is 3.03. The Balaban J connectivity index is 1.43. The number of allylic oxidation sites excluding steroid dienone is 1. The maximum absolute atomic E-state index is 14.8. The van der Waals surface area contributed by atoms with Gasteiger partial charge in [0.05, 0.1) is 6.61 Å². The van der Waals surface area contributed by atoms with E-state index in [0.717, 1.165) is 5.39 Å². The minimum Gasteiger partial charge on any atom is -0.0616 e. The third kappa shape index (κ3) is 9.81. The molecule has 0 aliphatic carbocycles. The fraction of sp³-hybridized carbons (Fsp3) is 0.444. The van der Waals surface area contributed by atoms with Crippen LogP contribution >= 0.6 is 7.75 Å². The molecule has 3 heterocycles. The van der Waals surface area contributed by atoms with Gasteiger partial charge in [-0.05, 0) is 36.6 Å². The Morgan fingerprint density at radius 1 is 1.15 bits per heavy atom. The molecule has 3 unspecified atom stereocenters. The zero-order chi connectivity index (χ0) is 38.2. The molecule has 5 rings (SSSR count). The van der Waals surface area contributed by atoms with Gasteiger partial charge in [-0.3, -0.25) is 4.79 Å². The molecule has 0 bridgehead atoms. The molecule has 1 saturated heterocycles. The van der Waals surface area contributed by atoms with Crippen molar-refractivity contribution in [3.63, 3.8) is 0 Å². The minimum absolute atomic E-state index is 0.00280. The fourth-order valence-corrected chi connectivity index (χ4v) is 7.91. The first-order chi connectivity index (χ1) is 25.4. The van der Waals surface area contributed by atoms with Crippen LogP contribution in [0.25, 0.3) is 21.9 Å². The van der Waals surface area contributed by atoms with Crippen LogP contribution in [0.1, 0.15) is 52.7 Å². The first kappa shape index (κ1) is 40.7. The van der Waals surface area contributed by atoms with E-state index in [1.165, 1.54) is 17.8 Å². The Morgan fingerprint density at radius 2 is 1.91 bits per heavy atom. The summed E-state index contributed by atoms with van der Waals surface area (Å²) in [5.41, 5.74) is -1.27. The van der Waals surface area contributed by atoms with E-state index < -0.39 is 50.4 Å². The van der Waals surface area contributed by atoms with Gasteiger partial charge in [-0.15, -0.1) is 6.58 Å². The Morgan fingerprint density at radius 3 is 2.64 bits per heavy atom. The summed E-state index contributed by atoms with van der Waals surface area (Å²) < 4.78 is 49.1. The van der Waals surface area contributed by atoms with Gasteiger partial charge in [0.1, 0.15) is 11.8 Å². The van der Waals surface area contributed by atoms with Gasteiger partial charge in [0.25, 0.3) is 0 Å². The number of nitrogens with one attached hydrogen (secondary N) is 2. The zero-order valence-electron chi connectivity index (χ0n) is 30.1. The molecule has 17 heteroatoms. The number of anilines is 1. The average Bonchev–Trinajstić information content (AvgIpc) is 3.65. The van der Waals surface area contributed by atoms with Gasteiger partial charge < -0.3 is 4.74 Å². The molecule has 6 atom stereocenters. The molecule has 2 aromatic heterocycles. The van der Waals surface area contributed by atoms with Gasteiger partial charge in [-0.25, -0.2) is 0 Å². The van der Waals surface area contributed by atoms with E-state index in [1.54, 1.807) is 24.3 Å². The molecule has 0 amide bonds. The van der Waals surface area contributed by atoms with Gasteiger partial charge >= 0.3 is 193 Å². The van der Waals surface area contributed by atoms with Crippen molar-refractivity contribution in [2.45, 2.75) is 76.5 Å². The fourth-order valence-electron chi connectivity index (χ4n) is 5.88. The van der Waals surface area contributed by atoms with Crippen molar-refractivity contribution >= 4 is 67.7 Å². The molecule has 282 valence electrons. The number of ether oxygens (including phenoxy) is 3. The van der Waals surface area contributed by atoms with Gasteiger partial charge in [0, 0.05) is 5.39 Å². The van der Waals surface area contributed by atoms with Crippen molar-refractivity contribution in [1.82, 2.24) is 24.6 Å². The summed E-state index contributed by atoms with van der Waals surface area (Å²) in [7, 11) is -4.43. The van der Waals surface area contributed by atoms with Gasteiger partial charge in [0.15, 0.2) is 0 Å². The first-order valence-corrected chi connectivity index (χ1v) is 21.2. The van der Waals surface area contributed by atoms with Crippen LogP contribution in [0.15, 0.2) is 74.1 Å². The van der Waals surface area contributed by atoms with Gasteiger partial charge in [-0.1, -0.05) is 56.3 Å². The quantitative estimate of drug-likeness (QED) is 0.0299. The molecule has 0 radical (unpaired) electrons. The number of esters is 1. The van der Waals surface area contributed by atoms with Crippen molar-refractivity contribution < 1.29 is 42.8 Å². The Bertz CT molecular complexity index is 1940. The van der Waals surface area contributed by atoms with Crippen LogP contribution in [0.3, 0.4) is 0 Å². The maximum atomic E-state index is 14.8. The number of aliphatic hydroxyl groups is 2. The Hall–Kier alpha value is -3.45. The molecule has 4 N–H and O–H groups in total. The number of fused-ring (bicyclic) bond motifs is 2. The van der Waals surface area contributed by atoms with Crippen LogP contribution in [-0.4, -0.2) is 105 Å². The molecule has 53 heavy (non-hydrogen) atoms. The monoisotopic (exact) mass is 942 g/mol. The number of unbranched alkanes of at least 4 members (excludes halogenated alkanes) is 1. The number of carbonyl (C=O) groups is 1. The number of benzene rings is 2. The normalized spacial score (nSPS) is 21.6. The molecule has 2 aromatic carbocycles. The second kappa shape index (κ2) is 18.3. The number of aliphatic hydroxyl groups excluding tert-OH is 1. The molecule has 15 nitrogen and oxygen atoms in total. The van der Waals surface area contributed by atoms with E-state index in [0.29, 0.717) is 74.4 Å². The summed E-state index contributed by atoms with van der Waals surface area (Å²) in [6, 6.07) is 11.6. The molecule has 1 fully saturated rings. The van der Waals surface area contributed by atoms with Crippen molar-refractivity contribution in [1.29, 1.82) is 0 Å². The smallest absolute Gasteiger partial charge is 0.0616 e. The second-order valence-corrected chi connectivity index (χ2v) is 16.0. The number of aromatic nitrogens is 4. The number of imidazole rings is 1. The summed E-state index contributed by atoms with van der Waals surface area (Å²) in [5.74, 6) is 0.189. The van der Waals surface area contributed by atoms with E-state index in [1.807, 2.05) is 44.2 Å². The SMILES string of the molecule is C=CCCCOC(=O)[C@H](CC(C)C)NP(=O)(OCC1OC(n2cnc3c(OCCC=C)nc([NH][Tl])nc32)[C@](C)(O)[C@@H]1O)Oc1cccc2ccccc12. The zero-order valence-corrected chi connectivity index (χ0v) is 35.5. The number of hydrogen-bond donors (Lipinski definition) is 4. The average molecular weight is 942 g/mol. The van der Waals surface area contributed by atoms with Gasteiger partial charge in [0.2, 0.25) is 0 Å². The van der Waals surface area contributed by atoms with E-state index in [9.17, 15) is 19.6 Å². The number of nitrogens with zero attached hydrogens (tertiary/aromatic N) is 4. The molecule has 1 aliphatic heterocycles. The molecule has 1 aliphatic rings. The number of hydrogen-bond acceptors (Lipinski definition) is 13. The minimum atomic E-state index is -4.43. The van der Waals surface area contributed by atoms with Crippen LogP contribution in [0.5, 0.6) is 11.6 Å². The predicted molar refractivity (Wildman–Crippen MR) is 200 cm³/mol. The second-order valence-electron chi connectivity index (χ2n) is 13.2. The van der Waals surface area contributed by atoms with E-state index in [-0.39, 0.29) is 30.6 Å². The van der Waals surface area contributed by atoms with Crippen LogP contribution in [0, 0.1) is 5.92 Å². The van der Waals surface area contributed by atoms with Crippen LogP contribution in [-0.2, 0) is 23.4 Å². The van der Waals surface area contributed by atoms with Crippen LogP contribution < -0.4 is 17.5 Å². The Labute approximate surface area is 324 Å². The van der Waals surface area contributed by atoms with Crippen LogP contribution in [0.2, 0.25) is 0 Å². The standard InChI is InChI=1S/C36H46N6O9P.Tl/c1-6-8-12-19-48-33(44)26(20-23(3)4)41-52(46,51-27-17-13-15-24-14-10-11-16-25(24)27)49-21-28-30(43)36(5,45)34(50-28)42-22-38-29-31(42)39-35(37)40-32(29)47-18-9-7-2;/h6-7,10-11,13-17,22-23,26,28,30,34,43,45H,1-2,8-9,12,18-21H2,3-5H3,(H2-,37,39,40,41,46);/q-1;+1/t26-,28?,30+,34?,36+,52?;/m0./s1. The van der Waals surface area contributed by atoms with Crippen molar-refractivity contribution in [2.24, 2.45) is 5.92 Å². The first-order valence-electron chi connectivity index (χ1n) is 17.4. The van der Waals surface area contributed by atoms with Crippen LogP contribution in [0.4, 0.5) is 5.95 Å². The third-order valence-electron chi connectivity index (χ3n) is 8.57. The molecule has 0 spiro atoms. The van der Waals surface area contributed by atoms with E-state index in [4.69, 9.17) is 23.3 Å². The number of carbonyl (C=O) groups excluding carboxylic acids is 1. The van der Waals surface area contributed by atoms with E-state index >= 15 is 0 Å². The summed E-state index contributed by atoms with van der Waals surface area (Å²) in [6.45, 7) is 12.6. The number of rotatable bonds is 20. The van der Waals surface area contributed by atoms with Crippen molar-refractivity contribution in [2.75, 3.05) is 22.9 Å². The predicted octanol–water partition coefficient (Wildman–Crippen LogP) is 5.16. The van der Waals surface area contributed by atoms with Crippen molar-refractivity contribution in [3.05, 3.63) is 74.1 Å².